The highest BCUT2D eigenvalue weighted by molar-refractivity contribution is 7.98. The molecule has 19 heavy (non-hydrogen) atoms. The van der Waals surface area contributed by atoms with Crippen molar-refractivity contribution >= 4 is 29.3 Å². The second-order valence-corrected chi connectivity index (χ2v) is 5.01. The number of anilines is 1. The molecule has 0 atom stereocenters. The molecule has 2 amide bonds. The third kappa shape index (κ3) is 1.76. The monoisotopic (exact) mass is 269 g/mol. The molecule has 0 saturated carbocycles. The van der Waals surface area contributed by atoms with Crippen molar-refractivity contribution in [3.05, 3.63) is 59.7 Å². The van der Waals surface area contributed by atoms with Gasteiger partial charge in [0.25, 0.3) is 11.8 Å². The molecular formula is C15H11NO2S. The van der Waals surface area contributed by atoms with E-state index in [-0.39, 0.29) is 11.8 Å². The van der Waals surface area contributed by atoms with Gasteiger partial charge in [-0.25, -0.2) is 4.90 Å². The van der Waals surface area contributed by atoms with Gasteiger partial charge in [0.15, 0.2) is 0 Å². The summed E-state index contributed by atoms with van der Waals surface area (Å²) in [6, 6.07) is 14.4. The molecule has 1 aliphatic rings. The van der Waals surface area contributed by atoms with Crippen molar-refractivity contribution in [2.75, 3.05) is 11.2 Å². The highest BCUT2D eigenvalue weighted by atomic mass is 32.2. The van der Waals surface area contributed by atoms with Gasteiger partial charge in [0.05, 0.1) is 16.8 Å². The number of benzene rings is 2. The Bertz CT molecular complexity index is 646. The van der Waals surface area contributed by atoms with Gasteiger partial charge in [-0.3, -0.25) is 9.59 Å². The molecule has 0 N–H and O–H groups in total. The highest BCUT2D eigenvalue weighted by Crippen LogP contribution is 2.34. The van der Waals surface area contributed by atoms with Crippen molar-refractivity contribution in [3.63, 3.8) is 0 Å². The molecule has 0 aliphatic carbocycles. The number of thioether (sulfide) groups is 1. The summed E-state index contributed by atoms with van der Waals surface area (Å²) in [6.45, 7) is 0. The van der Waals surface area contributed by atoms with E-state index in [4.69, 9.17) is 0 Å². The number of nitrogens with zero attached hydrogens (tertiary/aromatic N) is 1. The second kappa shape index (κ2) is 4.55. The Kier molecular flexibility index (Phi) is 2.87. The third-order valence-corrected chi connectivity index (χ3v) is 3.91. The maximum Gasteiger partial charge on any atom is 0.266 e. The van der Waals surface area contributed by atoms with Crippen molar-refractivity contribution in [1.29, 1.82) is 0 Å². The van der Waals surface area contributed by atoms with Crippen molar-refractivity contribution in [2.24, 2.45) is 0 Å². The van der Waals surface area contributed by atoms with Crippen molar-refractivity contribution in [2.45, 2.75) is 4.90 Å². The fraction of sp³-hybridized carbons (Fsp3) is 0.0667. The molecule has 1 heterocycles. The summed E-state index contributed by atoms with van der Waals surface area (Å²) in [5, 5.41) is 0. The zero-order valence-electron chi connectivity index (χ0n) is 10.3. The molecule has 0 bridgehead atoms. The summed E-state index contributed by atoms with van der Waals surface area (Å²) in [7, 11) is 0. The van der Waals surface area contributed by atoms with Gasteiger partial charge in [-0.2, -0.15) is 0 Å². The van der Waals surface area contributed by atoms with E-state index >= 15 is 0 Å². The minimum atomic E-state index is -0.248. The number of hydrogen-bond donors (Lipinski definition) is 0. The number of carbonyl (C=O) groups is 2. The quantitative estimate of drug-likeness (QED) is 0.620. The zero-order chi connectivity index (χ0) is 13.4. The number of para-hydroxylation sites is 1. The summed E-state index contributed by atoms with van der Waals surface area (Å²) < 4.78 is 0. The molecule has 0 aromatic heterocycles. The molecular weight excluding hydrogens is 258 g/mol. The smallest absolute Gasteiger partial charge is 0.266 e. The van der Waals surface area contributed by atoms with Gasteiger partial charge in [0.2, 0.25) is 0 Å². The number of fused-ring (bicyclic) bond motifs is 1. The van der Waals surface area contributed by atoms with E-state index in [9.17, 15) is 9.59 Å². The Balaban J connectivity index is 2.14. The summed E-state index contributed by atoms with van der Waals surface area (Å²) >= 11 is 1.52. The fourth-order valence-electron chi connectivity index (χ4n) is 2.22. The number of imide groups is 1. The topological polar surface area (TPSA) is 37.4 Å². The first-order chi connectivity index (χ1) is 9.24. The van der Waals surface area contributed by atoms with E-state index in [1.165, 1.54) is 16.7 Å². The Morgan fingerprint density at radius 3 is 1.95 bits per heavy atom. The maximum atomic E-state index is 12.4. The number of hydrogen-bond acceptors (Lipinski definition) is 3. The molecule has 94 valence electrons. The lowest BCUT2D eigenvalue weighted by Crippen LogP contribution is -2.29. The van der Waals surface area contributed by atoms with Gasteiger partial charge in [0.1, 0.15) is 0 Å². The lowest BCUT2D eigenvalue weighted by Gasteiger charge is -2.16. The molecule has 0 saturated heterocycles. The van der Waals surface area contributed by atoms with E-state index in [2.05, 4.69) is 0 Å². The van der Waals surface area contributed by atoms with E-state index in [0.717, 1.165) is 4.90 Å². The highest BCUT2D eigenvalue weighted by Gasteiger charge is 2.37. The third-order valence-electron chi connectivity index (χ3n) is 3.12. The predicted molar refractivity (Wildman–Crippen MR) is 75.8 cm³/mol. The molecule has 3 rings (SSSR count). The van der Waals surface area contributed by atoms with Crippen molar-refractivity contribution < 1.29 is 9.59 Å². The van der Waals surface area contributed by atoms with Crippen LogP contribution in [0.15, 0.2) is 53.4 Å². The van der Waals surface area contributed by atoms with Crippen LogP contribution in [0.25, 0.3) is 0 Å². The van der Waals surface area contributed by atoms with Crippen LogP contribution in [0, 0.1) is 0 Å². The van der Waals surface area contributed by atoms with Gasteiger partial charge < -0.3 is 0 Å². The van der Waals surface area contributed by atoms with Crippen LogP contribution in [-0.2, 0) is 0 Å². The first-order valence-electron chi connectivity index (χ1n) is 5.85. The second-order valence-electron chi connectivity index (χ2n) is 4.16. The zero-order valence-corrected chi connectivity index (χ0v) is 11.1. The average molecular weight is 269 g/mol. The number of rotatable bonds is 2. The van der Waals surface area contributed by atoms with Crippen LogP contribution in [0.2, 0.25) is 0 Å². The van der Waals surface area contributed by atoms with Crippen LogP contribution in [-0.4, -0.2) is 18.1 Å². The number of carbonyl (C=O) groups excluding carboxylic acids is 2. The maximum absolute atomic E-state index is 12.4. The summed E-state index contributed by atoms with van der Waals surface area (Å²) in [4.78, 5) is 26.9. The van der Waals surface area contributed by atoms with Crippen LogP contribution in [0.4, 0.5) is 5.69 Å². The van der Waals surface area contributed by atoms with Crippen molar-refractivity contribution in [1.82, 2.24) is 0 Å². The van der Waals surface area contributed by atoms with E-state index in [1.807, 2.05) is 24.5 Å². The molecule has 2 aromatic carbocycles. The summed E-state index contributed by atoms with van der Waals surface area (Å²) in [5.74, 6) is -0.496. The standard InChI is InChI=1S/C15H11NO2S/c1-19-13-9-5-4-8-12(13)16-14(17)10-6-2-3-7-11(10)15(16)18/h2-9H,1H3. The molecule has 2 aromatic rings. The molecule has 0 spiro atoms. The van der Waals surface area contributed by atoms with E-state index < -0.39 is 0 Å². The van der Waals surface area contributed by atoms with Crippen LogP contribution in [0.3, 0.4) is 0 Å². The van der Waals surface area contributed by atoms with Crippen LogP contribution >= 0.6 is 11.8 Å². The molecule has 1 aliphatic heterocycles. The Labute approximate surface area is 115 Å². The minimum absolute atomic E-state index is 0.248. The molecule has 0 fully saturated rings. The van der Waals surface area contributed by atoms with E-state index in [1.54, 1.807) is 30.3 Å². The van der Waals surface area contributed by atoms with Crippen LogP contribution in [0.1, 0.15) is 20.7 Å². The molecule has 4 heteroatoms. The van der Waals surface area contributed by atoms with E-state index in [0.29, 0.717) is 16.8 Å². The Hall–Kier alpha value is -2.07. The van der Waals surface area contributed by atoms with Crippen LogP contribution in [0.5, 0.6) is 0 Å². The first-order valence-corrected chi connectivity index (χ1v) is 7.07. The minimum Gasteiger partial charge on any atom is -0.268 e. The summed E-state index contributed by atoms with van der Waals surface area (Å²) in [6.07, 6.45) is 1.93. The number of amides is 2. The first kappa shape index (κ1) is 12.0. The summed E-state index contributed by atoms with van der Waals surface area (Å²) in [5.41, 5.74) is 1.60. The van der Waals surface area contributed by atoms with Crippen molar-refractivity contribution in [3.8, 4) is 0 Å². The normalized spacial score (nSPS) is 13.8. The molecule has 0 unspecified atom stereocenters. The average Bonchev–Trinajstić information content (AvgIpc) is 2.71. The van der Waals surface area contributed by atoms with Gasteiger partial charge in [-0.1, -0.05) is 24.3 Å². The molecule has 0 radical (unpaired) electrons. The lowest BCUT2D eigenvalue weighted by molar-refractivity contribution is 0.0925. The van der Waals surface area contributed by atoms with Gasteiger partial charge in [-0.05, 0) is 30.5 Å². The Morgan fingerprint density at radius 2 is 1.37 bits per heavy atom. The van der Waals surface area contributed by atoms with Gasteiger partial charge in [-0.15, -0.1) is 11.8 Å². The fourth-order valence-corrected chi connectivity index (χ4v) is 2.81. The Morgan fingerprint density at radius 1 is 0.842 bits per heavy atom. The molecule has 3 nitrogen and oxygen atoms in total. The van der Waals surface area contributed by atoms with Crippen LogP contribution < -0.4 is 4.90 Å². The largest absolute Gasteiger partial charge is 0.268 e. The predicted octanol–water partition coefficient (Wildman–Crippen LogP) is 3.21. The SMILES string of the molecule is CSc1ccccc1N1C(=O)c2ccccc2C1=O. The lowest BCUT2D eigenvalue weighted by atomic mass is 10.1. The van der Waals surface area contributed by atoms with Gasteiger partial charge in [0, 0.05) is 4.90 Å². The van der Waals surface area contributed by atoms with Gasteiger partial charge >= 0.3 is 0 Å².